The van der Waals surface area contributed by atoms with Gasteiger partial charge in [0.1, 0.15) is 5.75 Å². The third-order valence-electron chi connectivity index (χ3n) is 2.85. The highest BCUT2D eigenvalue weighted by molar-refractivity contribution is 5.71. The lowest BCUT2D eigenvalue weighted by Crippen LogP contribution is -2.17. The van der Waals surface area contributed by atoms with Crippen LogP contribution in [0.1, 0.15) is 11.1 Å². The van der Waals surface area contributed by atoms with E-state index in [0.717, 1.165) is 24.3 Å². The summed E-state index contributed by atoms with van der Waals surface area (Å²) in [6, 6.07) is 7.49. The average molecular weight is 330 g/mol. The molecule has 0 aliphatic rings. The van der Waals surface area contributed by atoms with Crippen molar-refractivity contribution >= 4 is 0 Å². The summed E-state index contributed by atoms with van der Waals surface area (Å²) in [5.74, 6) is 1.41. The monoisotopic (exact) mass is 330 g/mol. The highest BCUT2D eigenvalue weighted by Gasteiger charge is 2.34. The zero-order valence-electron chi connectivity index (χ0n) is 11.3. The second-order valence-electron chi connectivity index (χ2n) is 4.48. The van der Waals surface area contributed by atoms with Gasteiger partial charge in [0.25, 0.3) is 0 Å². The van der Waals surface area contributed by atoms with E-state index in [1.165, 1.54) is 18.2 Å². The lowest BCUT2D eigenvalue weighted by molar-refractivity contribution is -0.274. The number of halogens is 6. The molecule has 0 heterocycles. The van der Waals surface area contributed by atoms with Crippen LogP contribution in [-0.4, -0.2) is 6.36 Å². The van der Waals surface area contributed by atoms with E-state index < -0.39 is 23.9 Å². The topological polar surface area (TPSA) is 9.23 Å². The highest BCUT2D eigenvalue weighted by Crippen LogP contribution is 2.38. The molecule has 23 heavy (non-hydrogen) atoms. The van der Waals surface area contributed by atoms with Gasteiger partial charge in [-0.05, 0) is 35.4 Å². The molecule has 0 atom stereocenters. The maximum absolute atomic E-state index is 13.0. The molecule has 0 bridgehead atoms. The minimum absolute atomic E-state index is 0.0290. The van der Waals surface area contributed by atoms with Crippen LogP contribution in [0.5, 0.6) is 5.75 Å². The summed E-state index contributed by atoms with van der Waals surface area (Å²) < 4.78 is 79.8. The molecule has 1 nitrogen and oxygen atoms in total. The van der Waals surface area contributed by atoms with Crippen molar-refractivity contribution in [3.8, 4) is 29.2 Å². The normalized spacial score (nSPS) is 11.9. The molecule has 0 aliphatic heterocycles. The molecule has 0 N–H and O–H groups in total. The zero-order chi connectivity index (χ0) is 17.3. The van der Waals surface area contributed by atoms with E-state index in [9.17, 15) is 26.3 Å². The molecule has 0 aliphatic carbocycles. The lowest BCUT2D eigenvalue weighted by atomic mass is 9.97. The van der Waals surface area contributed by atoms with E-state index in [1.54, 1.807) is 0 Å². The van der Waals surface area contributed by atoms with E-state index in [-0.39, 0.29) is 16.7 Å². The van der Waals surface area contributed by atoms with E-state index >= 15 is 0 Å². The van der Waals surface area contributed by atoms with Crippen molar-refractivity contribution in [2.24, 2.45) is 0 Å². The van der Waals surface area contributed by atoms with Crippen molar-refractivity contribution in [3.63, 3.8) is 0 Å². The standard InChI is InChI=1S/C16H8F6O/c1-2-10-7-11(9-12(8-10)23-16(20,21)22)13-5-3-4-6-14(13)15(17,18)19/h1,3-9H. The number of benzene rings is 2. The fourth-order valence-corrected chi connectivity index (χ4v) is 2.01. The number of rotatable bonds is 2. The maximum Gasteiger partial charge on any atom is 0.573 e. The predicted octanol–water partition coefficient (Wildman–Crippen LogP) is 5.25. The van der Waals surface area contributed by atoms with E-state index in [4.69, 9.17) is 6.42 Å². The summed E-state index contributed by atoms with van der Waals surface area (Å²) in [7, 11) is 0. The van der Waals surface area contributed by atoms with Crippen molar-refractivity contribution in [2.45, 2.75) is 12.5 Å². The molecule has 2 rings (SSSR count). The highest BCUT2D eigenvalue weighted by atomic mass is 19.4. The molecule has 2 aromatic carbocycles. The number of terminal acetylenes is 1. The first kappa shape index (κ1) is 16.7. The number of hydrogen-bond donors (Lipinski definition) is 0. The third-order valence-corrected chi connectivity index (χ3v) is 2.85. The van der Waals surface area contributed by atoms with Gasteiger partial charge in [-0.3, -0.25) is 0 Å². The Balaban J connectivity index is 2.61. The Morgan fingerprint density at radius 1 is 0.913 bits per heavy atom. The molecule has 120 valence electrons. The Hall–Kier alpha value is -2.62. The van der Waals surface area contributed by atoms with Crippen LogP contribution in [0.2, 0.25) is 0 Å². The molecule has 0 saturated heterocycles. The Labute approximate surface area is 127 Å². The number of alkyl halides is 6. The van der Waals surface area contributed by atoms with Crippen LogP contribution in [0, 0.1) is 12.3 Å². The van der Waals surface area contributed by atoms with Gasteiger partial charge in [0, 0.05) is 5.56 Å². The van der Waals surface area contributed by atoms with Gasteiger partial charge in [-0.15, -0.1) is 19.6 Å². The zero-order valence-corrected chi connectivity index (χ0v) is 11.3. The van der Waals surface area contributed by atoms with Gasteiger partial charge in [-0.25, -0.2) is 0 Å². The van der Waals surface area contributed by atoms with E-state index in [2.05, 4.69) is 10.7 Å². The van der Waals surface area contributed by atoms with Gasteiger partial charge in [-0.1, -0.05) is 24.1 Å². The third kappa shape index (κ3) is 4.19. The number of hydrogen-bond acceptors (Lipinski definition) is 1. The molecule has 0 amide bonds. The average Bonchev–Trinajstić information content (AvgIpc) is 2.44. The van der Waals surface area contributed by atoms with Crippen molar-refractivity contribution < 1.29 is 31.1 Å². The first-order chi connectivity index (χ1) is 10.6. The first-order valence-electron chi connectivity index (χ1n) is 6.14. The van der Waals surface area contributed by atoms with Gasteiger partial charge in [-0.2, -0.15) is 13.2 Å². The Morgan fingerprint density at radius 3 is 2.13 bits per heavy atom. The molecular weight excluding hydrogens is 322 g/mol. The summed E-state index contributed by atoms with van der Waals surface area (Å²) in [4.78, 5) is 0. The first-order valence-corrected chi connectivity index (χ1v) is 6.14. The molecule has 0 radical (unpaired) electrons. The van der Waals surface area contributed by atoms with Crippen molar-refractivity contribution in [1.29, 1.82) is 0 Å². The van der Waals surface area contributed by atoms with Gasteiger partial charge in [0.2, 0.25) is 0 Å². The number of ether oxygens (including phenoxy) is 1. The van der Waals surface area contributed by atoms with Crippen LogP contribution < -0.4 is 4.74 Å². The summed E-state index contributed by atoms with van der Waals surface area (Å²) in [5, 5.41) is 0. The van der Waals surface area contributed by atoms with Crippen LogP contribution in [-0.2, 0) is 6.18 Å². The fraction of sp³-hybridized carbons (Fsp3) is 0.125. The van der Waals surface area contributed by atoms with Gasteiger partial charge in [0.05, 0.1) is 5.56 Å². The molecule has 0 saturated carbocycles. The van der Waals surface area contributed by atoms with E-state index in [0.29, 0.717) is 0 Å². The molecular formula is C16H8F6O. The summed E-state index contributed by atoms with van der Waals surface area (Å²) in [6.45, 7) is 0. The quantitative estimate of drug-likeness (QED) is 0.540. The van der Waals surface area contributed by atoms with Crippen LogP contribution in [0.25, 0.3) is 11.1 Å². The SMILES string of the molecule is C#Cc1cc(OC(F)(F)F)cc(-c2ccccc2C(F)(F)F)c1. The van der Waals surface area contributed by atoms with Gasteiger partial charge >= 0.3 is 12.5 Å². The van der Waals surface area contributed by atoms with Crippen molar-refractivity contribution in [2.75, 3.05) is 0 Å². The predicted molar refractivity (Wildman–Crippen MR) is 71.5 cm³/mol. The molecule has 7 heteroatoms. The van der Waals surface area contributed by atoms with Crippen molar-refractivity contribution in [1.82, 2.24) is 0 Å². The summed E-state index contributed by atoms with van der Waals surface area (Å²) in [5.41, 5.74) is -1.41. The molecule has 0 unspecified atom stereocenters. The molecule has 0 aromatic heterocycles. The van der Waals surface area contributed by atoms with Crippen molar-refractivity contribution in [3.05, 3.63) is 53.6 Å². The fourth-order valence-electron chi connectivity index (χ4n) is 2.01. The summed E-state index contributed by atoms with van der Waals surface area (Å²) in [6.07, 6.45) is -4.49. The maximum atomic E-state index is 13.0. The lowest BCUT2D eigenvalue weighted by Gasteiger charge is -2.15. The van der Waals surface area contributed by atoms with Crippen LogP contribution in [0.4, 0.5) is 26.3 Å². The molecule has 2 aromatic rings. The molecule has 0 spiro atoms. The van der Waals surface area contributed by atoms with Gasteiger partial charge < -0.3 is 4.74 Å². The minimum Gasteiger partial charge on any atom is -0.406 e. The van der Waals surface area contributed by atoms with Gasteiger partial charge in [0.15, 0.2) is 0 Å². The second-order valence-corrected chi connectivity index (χ2v) is 4.48. The van der Waals surface area contributed by atoms with Crippen LogP contribution in [0.3, 0.4) is 0 Å². The second kappa shape index (κ2) is 5.88. The van der Waals surface area contributed by atoms with Crippen LogP contribution in [0.15, 0.2) is 42.5 Å². The minimum atomic E-state index is -4.98. The Kier molecular flexibility index (Phi) is 4.28. The smallest absolute Gasteiger partial charge is 0.406 e. The summed E-state index contributed by atoms with van der Waals surface area (Å²) >= 11 is 0. The van der Waals surface area contributed by atoms with Crippen LogP contribution >= 0.6 is 0 Å². The Bertz CT molecular complexity index is 752. The Morgan fingerprint density at radius 2 is 1.57 bits per heavy atom. The van der Waals surface area contributed by atoms with E-state index in [1.807, 2.05) is 0 Å². The largest absolute Gasteiger partial charge is 0.573 e. The molecule has 0 fully saturated rings.